The van der Waals surface area contributed by atoms with Crippen LogP contribution in [0.2, 0.25) is 10.0 Å². The van der Waals surface area contributed by atoms with Crippen molar-refractivity contribution in [1.82, 2.24) is 9.80 Å². The van der Waals surface area contributed by atoms with E-state index in [1.165, 1.54) is 0 Å². The van der Waals surface area contributed by atoms with E-state index in [0.717, 1.165) is 32.4 Å². The van der Waals surface area contributed by atoms with Gasteiger partial charge >= 0.3 is 0 Å². The zero-order chi connectivity index (χ0) is 18.4. The van der Waals surface area contributed by atoms with Gasteiger partial charge in [0, 0.05) is 31.2 Å². The summed E-state index contributed by atoms with van der Waals surface area (Å²) in [6, 6.07) is 4.68. The molecule has 5 nitrogen and oxygen atoms in total. The zero-order valence-electron chi connectivity index (χ0n) is 14.5. The number of rotatable bonds is 2. The molecular weight excluding hydrogens is 373 g/mol. The van der Waals surface area contributed by atoms with Crippen molar-refractivity contribution in [2.24, 2.45) is 17.6 Å². The molecule has 0 radical (unpaired) electrons. The average molecular weight is 396 g/mol. The molecule has 3 aliphatic rings. The Kier molecular flexibility index (Phi) is 4.88. The lowest BCUT2D eigenvalue weighted by Gasteiger charge is -2.28. The number of hydrogen-bond donors (Lipinski definition) is 1. The molecule has 1 aliphatic carbocycles. The quantitative estimate of drug-likeness (QED) is 0.836. The van der Waals surface area contributed by atoms with Crippen molar-refractivity contribution in [3.63, 3.8) is 0 Å². The second kappa shape index (κ2) is 7.02. The highest BCUT2D eigenvalue weighted by Crippen LogP contribution is 2.38. The number of nitrogens with zero attached hydrogens (tertiary/aromatic N) is 2. The molecule has 0 bridgehead atoms. The Bertz CT molecular complexity index is 741. The van der Waals surface area contributed by atoms with Crippen molar-refractivity contribution >= 4 is 35.0 Å². The van der Waals surface area contributed by atoms with Gasteiger partial charge in [-0.3, -0.25) is 9.59 Å². The van der Waals surface area contributed by atoms with Gasteiger partial charge in [-0.15, -0.1) is 0 Å². The molecule has 3 fully saturated rings. The van der Waals surface area contributed by atoms with Crippen molar-refractivity contribution in [2.45, 2.75) is 37.8 Å². The minimum absolute atomic E-state index is 0.0671. The first-order valence-electron chi connectivity index (χ1n) is 9.26. The summed E-state index contributed by atoms with van der Waals surface area (Å²) in [7, 11) is 0. The fourth-order valence-corrected chi connectivity index (χ4v) is 5.06. The molecule has 7 heteroatoms. The van der Waals surface area contributed by atoms with Crippen LogP contribution in [0.3, 0.4) is 0 Å². The molecule has 1 aromatic carbocycles. The van der Waals surface area contributed by atoms with Crippen LogP contribution >= 0.6 is 23.2 Å². The third-order valence-corrected chi connectivity index (χ3v) is 6.93. The van der Waals surface area contributed by atoms with Crippen LogP contribution in [0, 0.1) is 11.8 Å². The lowest BCUT2D eigenvalue weighted by Crippen LogP contribution is -2.47. The van der Waals surface area contributed by atoms with Crippen molar-refractivity contribution < 1.29 is 9.59 Å². The third-order valence-electron chi connectivity index (χ3n) is 6.19. The van der Waals surface area contributed by atoms with Gasteiger partial charge in [0.15, 0.2) is 0 Å². The molecule has 2 amide bonds. The minimum atomic E-state index is -0.382. The third kappa shape index (κ3) is 3.10. The van der Waals surface area contributed by atoms with E-state index in [2.05, 4.69) is 0 Å². The Hall–Kier alpha value is -1.30. The molecule has 4 unspecified atom stereocenters. The van der Waals surface area contributed by atoms with E-state index in [4.69, 9.17) is 28.9 Å². The van der Waals surface area contributed by atoms with E-state index < -0.39 is 0 Å². The first kappa shape index (κ1) is 18.1. The van der Waals surface area contributed by atoms with E-state index in [9.17, 15) is 9.59 Å². The predicted molar refractivity (Wildman–Crippen MR) is 101 cm³/mol. The molecule has 26 heavy (non-hydrogen) atoms. The molecule has 0 aromatic heterocycles. The Morgan fingerprint density at radius 1 is 1.08 bits per heavy atom. The summed E-state index contributed by atoms with van der Waals surface area (Å²) in [5, 5.41) is 0.762. The fourth-order valence-electron chi connectivity index (χ4n) is 4.76. The molecule has 2 N–H and O–H groups in total. The number of carbonyl (C=O) groups is 2. The van der Waals surface area contributed by atoms with Crippen molar-refractivity contribution in [3.05, 3.63) is 33.8 Å². The van der Waals surface area contributed by atoms with E-state index in [0.29, 0.717) is 40.4 Å². The monoisotopic (exact) mass is 395 g/mol. The normalized spacial score (nSPS) is 30.7. The summed E-state index contributed by atoms with van der Waals surface area (Å²) in [6.07, 6.45) is 3.71. The van der Waals surface area contributed by atoms with Gasteiger partial charge in [-0.05, 0) is 55.7 Å². The van der Waals surface area contributed by atoms with Gasteiger partial charge in [0.2, 0.25) is 5.91 Å². The number of benzene rings is 1. The lowest BCUT2D eigenvalue weighted by atomic mass is 9.98. The maximum atomic E-state index is 13.1. The number of nitrogens with two attached hydrogens (primary N) is 1. The second-order valence-electron chi connectivity index (χ2n) is 7.69. The molecule has 4 rings (SSSR count). The van der Waals surface area contributed by atoms with Gasteiger partial charge in [-0.1, -0.05) is 23.2 Å². The average Bonchev–Trinajstić information content (AvgIpc) is 3.33. The highest BCUT2D eigenvalue weighted by atomic mass is 35.5. The van der Waals surface area contributed by atoms with Crippen LogP contribution in [-0.2, 0) is 4.79 Å². The van der Waals surface area contributed by atoms with Crippen LogP contribution in [0.5, 0.6) is 0 Å². The van der Waals surface area contributed by atoms with Gasteiger partial charge in [-0.2, -0.15) is 0 Å². The second-order valence-corrected chi connectivity index (χ2v) is 8.51. The summed E-state index contributed by atoms with van der Waals surface area (Å²) in [5.74, 6) is 0.849. The number of likely N-dealkylation sites (tertiary alicyclic amines) is 2. The summed E-state index contributed by atoms with van der Waals surface area (Å²) >= 11 is 12.0. The molecule has 4 atom stereocenters. The lowest BCUT2D eigenvalue weighted by molar-refractivity contribution is -0.134. The van der Waals surface area contributed by atoms with Crippen molar-refractivity contribution in [3.8, 4) is 0 Å². The minimum Gasteiger partial charge on any atom is -0.340 e. The van der Waals surface area contributed by atoms with E-state index in [-0.39, 0.29) is 23.9 Å². The fraction of sp³-hybridized carbons (Fsp3) is 0.579. The van der Waals surface area contributed by atoms with E-state index >= 15 is 0 Å². The molecule has 2 heterocycles. The zero-order valence-corrected chi connectivity index (χ0v) is 16.0. The molecule has 140 valence electrons. The van der Waals surface area contributed by atoms with Gasteiger partial charge < -0.3 is 15.5 Å². The summed E-state index contributed by atoms with van der Waals surface area (Å²) in [6.45, 7) is 2.11. The summed E-state index contributed by atoms with van der Waals surface area (Å²) in [5.41, 5.74) is 6.66. The van der Waals surface area contributed by atoms with Gasteiger partial charge in [0.1, 0.15) is 6.04 Å². The SMILES string of the molecule is NC1CCC2CN(C(=O)C3CCCN3C(=O)c3ccc(Cl)c(Cl)c3)CC12. The van der Waals surface area contributed by atoms with E-state index in [1.807, 2.05) is 4.90 Å². The highest BCUT2D eigenvalue weighted by Gasteiger charge is 2.45. The van der Waals surface area contributed by atoms with Crippen LogP contribution < -0.4 is 5.73 Å². The van der Waals surface area contributed by atoms with Crippen molar-refractivity contribution in [2.75, 3.05) is 19.6 Å². The Morgan fingerprint density at radius 2 is 1.88 bits per heavy atom. The van der Waals surface area contributed by atoms with Crippen LogP contribution in [0.4, 0.5) is 0 Å². The Morgan fingerprint density at radius 3 is 2.62 bits per heavy atom. The maximum absolute atomic E-state index is 13.1. The first-order valence-corrected chi connectivity index (χ1v) is 10.0. The molecule has 0 spiro atoms. The standard InChI is InChI=1S/C19H23Cl2N3O2/c20-14-5-3-11(8-15(14)21)18(25)24-7-1-2-17(24)19(26)23-9-12-4-6-16(22)13(12)10-23/h3,5,8,12-13,16-17H,1-2,4,6-7,9-10,22H2. The first-order chi connectivity index (χ1) is 12.5. The molecule has 2 aliphatic heterocycles. The largest absolute Gasteiger partial charge is 0.340 e. The smallest absolute Gasteiger partial charge is 0.254 e. The van der Waals surface area contributed by atoms with Crippen LogP contribution in [0.15, 0.2) is 18.2 Å². The van der Waals surface area contributed by atoms with Gasteiger partial charge in [0.25, 0.3) is 5.91 Å². The molecule has 2 saturated heterocycles. The number of amides is 2. The molecule has 1 saturated carbocycles. The number of carbonyl (C=O) groups excluding carboxylic acids is 2. The van der Waals surface area contributed by atoms with Crippen LogP contribution in [0.1, 0.15) is 36.0 Å². The van der Waals surface area contributed by atoms with Crippen molar-refractivity contribution in [1.29, 1.82) is 0 Å². The Balaban J connectivity index is 1.48. The van der Waals surface area contributed by atoms with E-state index in [1.54, 1.807) is 23.1 Å². The predicted octanol–water partition coefficient (Wildman–Crippen LogP) is 2.79. The molecular formula is C19H23Cl2N3O2. The number of hydrogen-bond acceptors (Lipinski definition) is 3. The Labute approximate surface area is 163 Å². The maximum Gasteiger partial charge on any atom is 0.254 e. The van der Waals surface area contributed by atoms with Gasteiger partial charge in [0.05, 0.1) is 10.0 Å². The summed E-state index contributed by atoms with van der Waals surface area (Å²) in [4.78, 5) is 29.6. The number of halogens is 2. The van der Waals surface area contributed by atoms with Crippen LogP contribution in [-0.4, -0.2) is 53.3 Å². The number of fused-ring (bicyclic) bond motifs is 1. The molecule has 1 aromatic rings. The van der Waals surface area contributed by atoms with Crippen LogP contribution in [0.25, 0.3) is 0 Å². The highest BCUT2D eigenvalue weighted by molar-refractivity contribution is 6.42. The summed E-state index contributed by atoms with van der Waals surface area (Å²) < 4.78 is 0. The topological polar surface area (TPSA) is 66.6 Å². The van der Waals surface area contributed by atoms with Gasteiger partial charge in [-0.25, -0.2) is 0 Å².